The van der Waals surface area contributed by atoms with Gasteiger partial charge in [0.2, 0.25) is 7.42 Å². The average Bonchev–Trinajstić information content (AvgIpc) is 1.80. The van der Waals surface area contributed by atoms with E-state index in [4.69, 9.17) is 26.9 Å². The Bertz CT molecular complexity index is 60.9. The van der Waals surface area contributed by atoms with E-state index in [1.807, 2.05) is 0 Å². The quantitative estimate of drug-likeness (QED) is 0.364. The van der Waals surface area contributed by atoms with Crippen LogP contribution in [-0.2, 0) is 4.74 Å². The van der Waals surface area contributed by atoms with E-state index < -0.39 is 7.42 Å². The van der Waals surface area contributed by atoms with E-state index in [-0.39, 0.29) is 0 Å². The van der Waals surface area contributed by atoms with E-state index in [1.165, 1.54) is 0 Å². The molecule has 56 valence electrons. The molecular formula is C5H12Cl2OSi. The van der Waals surface area contributed by atoms with Gasteiger partial charge in [0.25, 0.3) is 0 Å². The fraction of sp³-hybridized carbons (Fsp3) is 1.00. The molecule has 0 aromatic rings. The van der Waals surface area contributed by atoms with Crippen molar-refractivity contribution in [2.24, 2.45) is 0 Å². The van der Waals surface area contributed by atoms with E-state index >= 15 is 0 Å². The molecule has 0 saturated heterocycles. The molecule has 0 fully saturated rings. The molecule has 0 amide bonds. The fourth-order valence-electron chi connectivity index (χ4n) is 0.419. The van der Waals surface area contributed by atoms with Gasteiger partial charge in [-0.15, -0.1) is 0 Å². The van der Waals surface area contributed by atoms with Crippen molar-refractivity contribution in [1.29, 1.82) is 0 Å². The molecule has 1 nitrogen and oxygen atoms in total. The van der Waals surface area contributed by atoms with Crippen LogP contribution in [0.1, 0.15) is 13.3 Å². The predicted octanol–water partition coefficient (Wildman–Crippen LogP) is 2.11. The lowest BCUT2D eigenvalue weighted by molar-refractivity contribution is 0.148. The second-order valence-electron chi connectivity index (χ2n) is 1.79. The summed E-state index contributed by atoms with van der Waals surface area (Å²) in [7, 11) is -1.39. The summed E-state index contributed by atoms with van der Waals surface area (Å²) in [4.78, 5) is 0. The van der Waals surface area contributed by atoms with Gasteiger partial charge in [0.05, 0.1) is 0 Å². The summed E-state index contributed by atoms with van der Waals surface area (Å²) in [6.45, 7) is 3.64. The summed E-state index contributed by atoms with van der Waals surface area (Å²) in [6, 6.07) is 0.864. The van der Waals surface area contributed by atoms with Gasteiger partial charge >= 0.3 is 0 Å². The Balaban J connectivity index is 2.75. The number of ether oxygens (including phenoxy) is 1. The standard InChI is InChI=1S/C5H12Cl2OSi/c1-2-3-8-4-5-9(6)7/h9H,2-5H2,1H3. The monoisotopic (exact) mass is 186 g/mol. The summed E-state index contributed by atoms with van der Waals surface area (Å²) in [6.07, 6.45) is 1.07. The third-order valence-electron chi connectivity index (χ3n) is 0.829. The molecule has 0 aromatic heterocycles. The maximum absolute atomic E-state index is 5.58. The number of hydrogen-bond donors (Lipinski definition) is 0. The Labute approximate surface area is 67.3 Å². The number of halogens is 2. The van der Waals surface area contributed by atoms with Gasteiger partial charge in [-0.25, -0.2) is 0 Å². The number of rotatable bonds is 5. The van der Waals surface area contributed by atoms with Crippen LogP contribution in [0, 0.1) is 0 Å². The largest absolute Gasteiger partial charge is 0.382 e. The molecule has 0 aliphatic heterocycles. The average molecular weight is 187 g/mol. The summed E-state index contributed by atoms with van der Waals surface area (Å²) >= 11 is 11.2. The molecule has 9 heavy (non-hydrogen) atoms. The Morgan fingerprint density at radius 3 is 2.44 bits per heavy atom. The topological polar surface area (TPSA) is 9.23 Å². The van der Waals surface area contributed by atoms with Crippen molar-refractivity contribution in [2.75, 3.05) is 13.2 Å². The molecule has 4 heteroatoms. The highest BCUT2D eigenvalue weighted by Crippen LogP contribution is 2.02. The van der Waals surface area contributed by atoms with Gasteiger partial charge in [0.15, 0.2) is 0 Å². The van der Waals surface area contributed by atoms with Crippen LogP contribution >= 0.6 is 22.2 Å². The van der Waals surface area contributed by atoms with Crippen LogP contribution in [0.5, 0.6) is 0 Å². The van der Waals surface area contributed by atoms with Crippen molar-refractivity contribution in [3.05, 3.63) is 0 Å². The second-order valence-corrected chi connectivity index (χ2v) is 6.98. The molecule has 0 heterocycles. The van der Waals surface area contributed by atoms with Crippen molar-refractivity contribution in [1.82, 2.24) is 0 Å². The first-order valence-electron chi connectivity index (χ1n) is 3.13. The normalized spacial score (nSPS) is 10.7. The van der Waals surface area contributed by atoms with E-state index in [0.717, 1.165) is 25.7 Å². The summed E-state index contributed by atoms with van der Waals surface area (Å²) in [5.41, 5.74) is 0. The van der Waals surface area contributed by atoms with Gasteiger partial charge in [0.1, 0.15) is 0 Å². The molecule has 0 N–H and O–H groups in total. The molecule has 0 aromatic carbocycles. The zero-order chi connectivity index (χ0) is 7.11. The molecule has 0 bridgehead atoms. The maximum Gasteiger partial charge on any atom is 0.239 e. The Morgan fingerprint density at radius 1 is 1.33 bits per heavy atom. The van der Waals surface area contributed by atoms with Crippen LogP contribution in [0.4, 0.5) is 0 Å². The van der Waals surface area contributed by atoms with Crippen molar-refractivity contribution >= 4 is 29.6 Å². The zero-order valence-electron chi connectivity index (χ0n) is 5.57. The van der Waals surface area contributed by atoms with Crippen LogP contribution in [0.2, 0.25) is 6.04 Å². The predicted molar refractivity (Wildman–Crippen MR) is 44.8 cm³/mol. The molecule has 0 radical (unpaired) electrons. The van der Waals surface area contributed by atoms with Crippen molar-refractivity contribution in [2.45, 2.75) is 19.4 Å². The fourth-order valence-corrected chi connectivity index (χ4v) is 1.30. The van der Waals surface area contributed by atoms with Gasteiger partial charge < -0.3 is 4.74 Å². The number of hydrogen-bond acceptors (Lipinski definition) is 1. The van der Waals surface area contributed by atoms with Gasteiger partial charge in [-0.3, -0.25) is 0 Å². The smallest absolute Gasteiger partial charge is 0.239 e. The van der Waals surface area contributed by atoms with Crippen LogP contribution in [0.25, 0.3) is 0 Å². The first-order valence-corrected chi connectivity index (χ1v) is 7.44. The highest BCUT2D eigenvalue weighted by Gasteiger charge is 1.99. The first-order chi connectivity index (χ1) is 4.27. The van der Waals surface area contributed by atoms with Crippen LogP contribution in [-0.4, -0.2) is 20.6 Å². The molecule has 0 aliphatic rings. The lowest BCUT2D eigenvalue weighted by Crippen LogP contribution is -2.01. The van der Waals surface area contributed by atoms with E-state index in [1.54, 1.807) is 0 Å². The summed E-state index contributed by atoms with van der Waals surface area (Å²) in [5, 5.41) is 0. The molecule has 0 spiro atoms. The van der Waals surface area contributed by atoms with E-state index in [9.17, 15) is 0 Å². The van der Waals surface area contributed by atoms with Crippen molar-refractivity contribution < 1.29 is 4.74 Å². The summed E-state index contributed by atoms with van der Waals surface area (Å²) < 4.78 is 5.16. The third-order valence-corrected chi connectivity index (χ3v) is 2.81. The van der Waals surface area contributed by atoms with Gasteiger partial charge in [-0.1, -0.05) is 6.92 Å². The van der Waals surface area contributed by atoms with E-state index in [2.05, 4.69) is 6.92 Å². The van der Waals surface area contributed by atoms with Crippen LogP contribution < -0.4 is 0 Å². The molecular weight excluding hydrogens is 175 g/mol. The maximum atomic E-state index is 5.58. The van der Waals surface area contributed by atoms with Gasteiger partial charge in [-0.2, -0.15) is 22.2 Å². The van der Waals surface area contributed by atoms with Crippen molar-refractivity contribution in [3.63, 3.8) is 0 Å². The first kappa shape index (κ1) is 9.76. The highest BCUT2D eigenvalue weighted by atomic mass is 35.7. The van der Waals surface area contributed by atoms with Crippen LogP contribution in [0.15, 0.2) is 0 Å². The minimum atomic E-state index is -1.39. The van der Waals surface area contributed by atoms with E-state index in [0.29, 0.717) is 0 Å². The van der Waals surface area contributed by atoms with Gasteiger partial charge in [-0.05, 0) is 12.5 Å². The van der Waals surface area contributed by atoms with Gasteiger partial charge in [0, 0.05) is 13.2 Å². The third kappa shape index (κ3) is 8.76. The van der Waals surface area contributed by atoms with Crippen LogP contribution in [0.3, 0.4) is 0 Å². The minimum Gasteiger partial charge on any atom is -0.382 e. The molecule has 0 unspecified atom stereocenters. The van der Waals surface area contributed by atoms with Crippen molar-refractivity contribution in [3.8, 4) is 0 Å². The minimum absolute atomic E-state index is 0.734. The highest BCUT2D eigenvalue weighted by molar-refractivity contribution is 7.33. The lowest BCUT2D eigenvalue weighted by Gasteiger charge is -1.99. The lowest BCUT2D eigenvalue weighted by atomic mass is 10.5. The molecule has 0 rings (SSSR count). The molecule has 0 atom stereocenters. The SMILES string of the molecule is CCCOCC[SiH](Cl)Cl. The second kappa shape index (κ2) is 6.87. The zero-order valence-corrected chi connectivity index (χ0v) is 8.24. The molecule has 0 saturated carbocycles. The Kier molecular flexibility index (Phi) is 7.45. The Morgan fingerprint density at radius 2 is 2.00 bits per heavy atom. The summed E-state index contributed by atoms with van der Waals surface area (Å²) in [5.74, 6) is 0. The Hall–Kier alpha value is 0.757. The molecule has 0 aliphatic carbocycles.